The Labute approximate surface area is 238 Å². The Balaban J connectivity index is 1.42. The number of benzene rings is 3. The van der Waals surface area contributed by atoms with Crippen molar-refractivity contribution in [2.75, 3.05) is 31.6 Å². The van der Waals surface area contributed by atoms with E-state index in [0.29, 0.717) is 12.1 Å². The minimum Gasteiger partial charge on any atom is -0.497 e. The molecule has 1 heterocycles. The summed E-state index contributed by atoms with van der Waals surface area (Å²) in [5, 5.41) is 3.26. The lowest BCUT2D eigenvalue weighted by molar-refractivity contribution is -0.124. The number of fused-ring (bicyclic) bond motifs is 1. The van der Waals surface area contributed by atoms with Crippen LogP contribution in [0.5, 0.6) is 5.75 Å². The van der Waals surface area contributed by atoms with Crippen LogP contribution in [-0.2, 0) is 4.79 Å². The largest absolute Gasteiger partial charge is 0.497 e. The minimum absolute atomic E-state index is 0.0238. The van der Waals surface area contributed by atoms with Crippen molar-refractivity contribution in [1.82, 2.24) is 10.2 Å². The Hall–Kier alpha value is -3.80. The lowest BCUT2D eigenvalue weighted by atomic mass is 9.77. The quantitative estimate of drug-likeness (QED) is 0.305. The van der Waals surface area contributed by atoms with E-state index in [4.69, 9.17) is 4.74 Å². The molecule has 5 rings (SSSR count). The molecule has 3 aromatic carbocycles. The lowest BCUT2D eigenvalue weighted by Gasteiger charge is -2.46. The van der Waals surface area contributed by atoms with Crippen molar-refractivity contribution in [3.8, 4) is 5.75 Å². The second-order valence-electron chi connectivity index (χ2n) is 10.8. The van der Waals surface area contributed by atoms with Crippen molar-refractivity contribution >= 4 is 17.5 Å². The van der Waals surface area contributed by atoms with E-state index in [1.807, 2.05) is 59.5 Å². The van der Waals surface area contributed by atoms with Crippen molar-refractivity contribution in [3.05, 3.63) is 95.6 Å². The molecular formula is C34H41N3O3. The van der Waals surface area contributed by atoms with E-state index >= 15 is 0 Å². The Bertz CT molecular complexity index is 1270. The van der Waals surface area contributed by atoms with Gasteiger partial charge in [-0.2, -0.15) is 0 Å². The molecule has 0 unspecified atom stereocenters. The number of ether oxygens (including phenoxy) is 1. The monoisotopic (exact) mass is 539 g/mol. The average molecular weight is 540 g/mol. The minimum atomic E-state index is -0.486. The third-order valence-electron chi connectivity index (χ3n) is 8.49. The predicted octanol–water partition coefficient (Wildman–Crippen LogP) is 6.34. The van der Waals surface area contributed by atoms with Crippen LogP contribution in [0.15, 0.2) is 78.9 Å². The van der Waals surface area contributed by atoms with Crippen LogP contribution < -0.4 is 15.0 Å². The van der Waals surface area contributed by atoms with Crippen LogP contribution in [0.2, 0.25) is 0 Å². The zero-order chi connectivity index (χ0) is 27.9. The second kappa shape index (κ2) is 13.0. The van der Waals surface area contributed by atoms with Crippen LogP contribution >= 0.6 is 0 Å². The van der Waals surface area contributed by atoms with Crippen LogP contribution in [0.3, 0.4) is 0 Å². The van der Waals surface area contributed by atoms with Crippen LogP contribution in [0.1, 0.15) is 78.9 Å². The molecule has 1 fully saturated rings. The summed E-state index contributed by atoms with van der Waals surface area (Å²) in [6, 6.07) is 25.7. The van der Waals surface area contributed by atoms with Crippen molar-refractivity contribution in [3.63, 3.8) is 0 Å². The fourth-order valence-corrected chi connectivity index (χ4v) is 6.45. The standard InChI is InChI=1S/C34H41N3O3/c1-3-36(26-13-6-4-7-14-26)24-12-23-35-33(38)31-29-17-10-11-18-30(29)34(39)37(27-15-8-5-9-16-27)32(31)25-19-21-28(40-2)22-20-25/h4,6-7,10-11,13-14,17-22,27,31-32H,3,5,8-9,12,15-16,23-24H2,1-2H3,(H,35,38)/t31-,32-/m1/s1. The molecule has 2 amide bonds. The first-order valence-electron chi connectivity index (χ1n) is 14.8. The van der Waals surface area contributed by atoms with E-state index in [9.17, 15) is 9.59 Å². The fraction of sp³-hybridized carbons (Fsp3) is 0.412. The van der Waals surface area contributed by atoms with Gasteiger partial charge in [0.2, 0.25) is 5.91 Å². The Morgan fingerprint density at radius 2 is 1.65 bits per heavy atom. The zero-order valence-electron chi connectivity index (χ0n) is 23.7. The van der Waals surface area contributed by atoms with Crippen LogP contribution in [0.25, 0.3) is 0 Å². The van der Waals surface area contributed by atoms with Crippen molar-refractivity contribution in [1.29, 1.82) is 0 Å². The summed E-state index contributed by atoms with van der Waals surface area (Å²) in [6.45, 7) is 4.50. The van der Waals surface area contributed by atoms with Crippen LogP contribution in [0, 0.1) is 0 Å². The van der Waals surface area contributed by atoms with Gasteiger partial charge in [0, 0.05) is 36.9 Å². The molecule has 0 radical (unpaired) electrons. The highest BCUT2D eigenvalue weighted by molar-refractivity contribution is 6.01. The maximum absolute atomic E-state index is 14.1. The van der Waals surface area contributed by atoms with Gasteiger partial charge in [0.1, 0.15) is 5.75 Å². The third-order valence-corrected chi connectivity index (χ3v) is 8.49. The number of carbonyl (C=O) groups excluding carboxylic acids is 2. The van der Waals surface area contributed by atoms with Crippen LogP contribution in [-0.4, -0.2) is 49.5 Å². The molecule has 1 N–H and O–H groups in total. The molecule has 1 saturated carbocycles. The first-order chi connectivity index (χ1) is 19.6. The van der Waals surface area contributed by atoms with E-state index in [1.54, 1.807) is 7.11 Å². The average Bonchev–Trinajstić information content (AvgIpc) is 3.02. The number of amides is 2. The number of rotatable bonds is 10. The van der Waals surface area contributed by atoms with Gasteiger partial charge in [-0.1, -0.05) is 67.8 Å². The first kappa shape index (κ1) is 27.8. The summed E-state index contributed by atoms with van der Waals surface area (Å²) in [5.74, 6) is 0.286. The molecule has 1 aliphatic heterocycles. The molecular weight excluding hydrogens is 498 g/mol. The van der Waals surface area contributed by atoms with Gasteiger partial charge in [-0.25, -0.2) is 0 Å². The van der Waals surface area contributed by atoms with Crippen molar-refractivity contribution in [2.24, 2.45) is 0 Å². The fourth-order valence-electron chi connectivity index (χ4n) is 6.45. The highest BCUT2D eigenvalue weighted by Gasteiger charge is 2.46. The molecule has 6 heteroatoms. The zero-order valence-corrected chi connectivity index (χ0v) is 23.7. The van der Waals surface area contributed by atoms with Crippen molar-refractivity contribution < 1.29 is 14.3 Å². The summed E-state index contributed by atoms with van der Waals surface area (Å²) in [7, 11) is 1.65. The van der Waals surface area contributed by atoms with Crippen LogP contribution in [0.4, 0.5) is 5.69 Å². The maximum Gasteiger partial charge on any atom is 0.254 e. The van der Waals surface area contributed by atoms with Gasteiger partial charge >= 0.3 is 0 Å². The number of hydrogen-bond acceptors (Lipinski definition) is 4. The number of para-hydroxylation sites is 1. The summed E-state index contributed by atoms with van der Waals surface area (Å²) in [4.78, 5) is 32.5. The van der Waals surface area contributed by atoms with E-state index in [1.165, 1.54) is 12.1 Å². The van der Waals surface area contributed by atoms with E-state index < -0.39 is 5.92 Å². The number of methoxy groups -OCH3 is 1. The first-order valence-corrected chi connectivity index (χ1v) is 14.8. The summed E-state index contributed by atoms with van der Waals surface area (Å²) >= 11 is 0. The number of hydrogen-bond donors (Lipinski definition) is 1. The van der Waals surface area contributed by atoms with E-state index in [2.05, 4.69) is 41.4 Å². The lowest BCUT2D eigenvalue weighted by Crippen LogP contribution is -2.52. The molecule has 1 aliphatic carbocycles. The normalized spacial score (nSPS) is 19.1. The van der Waals surface area contributed by atoms with Crippen molar-refractivity contribution in [2.45, 2.75) is 63.5 Å². The van der Waals surface area contributed by atoms with Gasteiger partial charge in [0.25, 0.3) is 5.91 Å². The SMILES string of the molecule is CCN(CCCNC(=O)[C@@H]1c2ccccc2C(=O)N(C2CCCCC2)[C@@H]1c1ccc(OC)cc1)c1ccccc1. The molecule has 40 heavy (non-hydrogen) atoms. The van der Waals surface area contributed by atoms with Gasteiger partial charge in [-0.3, -0.25) is 9.59 Å². The maximum atomic E-state index is 14.1. The molecule has 0 aromatic heterocycles. The van der Waals surface area contributed by atoms with Gasteiger partial charge in [-0.05, 0) is 67.6 Å². The number of nitrogens with one attached hydrogen (secondary N) is 1. The van der Waals surface area contributed by atoms with Gasteiger partial charge < -0.3 is 19.9 Å². The summed E-state index contributed by atoms with van der Waals surface area (Å²) in [6.07, 6.45) is 6.20. The molecule has 6 nitrogen and oxygen atoms in total. The molecule has 2 aliphatic rings. The smallest absolute Gasteiger partial charge is 0.254 e. The molecule has 0 spiro atoms. The Kier molecular flexibility index (Phi) is 9.04. The molecule has 0 saturated heterocycles. The molecule has 0 bridgehead atoms. The summed E-state index contributed by atoms with van der Waals surface area (Å²) in [5.41, 5.74) is 3.63. The Morgan fingerprint density at radius 1 is 0.950 bits per heavy atom. The highest BCUT2D eigenvalue weighted by atomic mass is 16.5. The molecule has 210 valence electrons. The van der Waals surface area contributed by atoms with Gasteiger partial charge in [-0.15, -0.1) is 0 Å². The molecule has 3 aromatic rings. The number of nitrogens with zero attached hydrogens (tertiary/aromatic N) is 2. The Morgan fingerprint density at radius 3 is 2.35 bits per heavy atom. The van der Waals surface area contributed by atoms with E-state index in [0.717, 1.165) is 62.1 Å². The number of carbonyl (C=O) groups is 2. The second-order valence-corrected chi connectivity index (χ2v) is 10.8. The highest BCUT2D eigenvalue weighted by Crippen LogP contribution is 2.46. The van der Waals surface area contributed by atoms with Gasteiger partial charge in [0.15, 0.2) is 0 Å². The number of anilines is 1. The molecule has 2 atom stereocenters. The topological polar surface area (TPSA) is 61.9 Å². The predicted molar refractivity (Wildman–Crippen MR) is 160 cm³/mol. The summed E-state index contributed by atoms with van der Waals surface area (Å²) < 4.78 is 5.41. The van der Waals surface area contributed by atoms with E-state index in [-0.39, 0.29) is 23.9 Å². The van der Waals surface area contributed by atoms with Gasteiger partial charge in [0.05, 0.1) is 19.1 Å². The third kappa shape index (κ3) is 5.86.